The van der Waals surface area contributed by atoms with Crippen molar-refractivity contribution < 1.29 is 23.4 Å². The van der Waals surface area contributed by atoms with Gasteiger partial charge in [0.15, 0.2) is 11.6 Å². The molecule has 0 saturated heterocycles. The van der Waals surface area contributed by atoms with Crippen LogP contribution in [0.4, 0.5) is 14.5 Å². The molecule has 6 nitrogen and oxygen atoms in total. The van der Waals surface area contributed by atoms with Gasteiger partial charge in [-0.25, -0.2) is 23.1 Å². The maximum atomic E-state index is 14.2. The number of halogens is 2. The summed E-state index contributed by atoms with van der Waals surface area (Å²) in [5, 5.41) is 12.3. The molecule has 0 fully saturated rings. The third kappa shape index (κ3) is 3.99. The summed E-state index contributed by atoms with van der Waals surface area (Å²) in [4.78, 5) is 31.6. The van der Waals surface area contributed by atoms with Crippen LogP contribution < -0.4 is 5.56 Å². The molecular weight excluding hydrogens is 486 g/mol. The van der Waals surface area contributed by atoms with E-state index < -0.39 is 34.7 Å². The molecule has 2 aromatic carbocycles. The van der Waals surface area contributed by atoms with Gasteiger partial charge in [-0.1, -0.05) is 24.3 Å². The number of pyridine rings is 1. The van der Waals surface area contributed by atoms with Crippen LogP contribution in [-0.4, -0.2) is 28.5 Å². The number of nitrogens with zero attached hydrogens (tertiary/aromatic N) is 2. The molecule has 5 rings (SSSR count). The van der Waals surface area contributed by atoms with Gasteiger partial charge in [-0.15, -0.1) is 11.3 Å². The van der Waals surface area contributed by atoms with Crippen molar-refractivity contribution in [2.24, 2.45) is 4.99 Å². The van der Waals surface area contributed by atoms with Gasteiger partial charge in [0.05, 0.1) is 17.7 Å². The second kappa shape index (κ2) is 9.66. The zero-order valence-corrected chi connectivity index (χ0v) is 20.2. The maximum absolute atomic E-state index is 14.2. The van der Waals surface area contributed by atoms with Gasteiger partial charge in [-0.05, 0) is 56.4 Å². The number of aromatic hydroxyl groups is 1. The summed E-state index contributed by atoms with van der Waals surface area (Å²) in [6.45, 7) is 1.86. The molecule has 0 spiro atoms. The molecular formula is C27H22F2N2O4S. The Balaban J connectivity index is 1.80. The fourth-order valence-electron chi connectivity index (χ4n) is 4.54. The zero-order chi connectivity index (χ0) is 25.4. The molecule has 2 heterocycles. The molecule has 0 atom stereocenters. The number of carbonyl (C=O) groups is 1. The maximum Gasteiger partial charge on any atom is 0.341 e. The third-order valence-electron chi connectivity index (χ3n) is 6.20. The number of aliphatic imine (C=N–C) groups is 1. The SMILES string of the molecule is CCOC(=O)c1c(-n2c(O)c(C=Nc3c(F)cccc3F)c3ccccc3c2=O)sc2c1CCCC2. The molecule has 0 saturated carbocycles. The Bertz CT molecular complexity index is 1570. The van der Waals surface area contributed by atoms with Gasteiger partial charge in [-0.3, -0.25) is 4.79 Å². The molecule has 0 bridgehead atoms. The van der Waals surface area contributed by atoms with Crippen LogP contribution in [0.15, 0.2) is 52.3 Å². The van der Waals surface area contributed by atoms with Crippen LogP contribution in [0, 0.1) is 11.6 Å². The predicted molar refractivity (Wildman–Crippen MR) is 135 cm³/mol. The first kappa shape index (κ1) is 23.9. The zero-order valence-electron chi connectivity index (χ0n) is 19.4. The first-order chi connectivity index (χ1) is 17.4. The molecule has 184 valence electrons. The third-order valence-corrected chi connectivity index (χ3v) is 7.48. The molecule has 4 aromatic rings. The molecule has 36 heavy (non-hydrogen) atoms. The topological polar surface area (TPSA) is 80.9 Å². The molecule has 1 N–H and O–H groups in total. The van der Waals surface area contributed by atoms with E-state index in [1.807, 2.05) is 0 Å². The van der Waals surface area contributed by atoms with Crippen LogP contribution in [0.3, 0.4) is 0 Å². The summed E-state index contributed by atoms with van der Waals surface area (Å²) in [6.07, 6.45) is 4.42. The monoisotopic (exact) mass is 508 g/mol. The first-order valence-corrected chi connectivity index (χ1v) is 12.4. The average molecular weight is 509 g/mol. The second-order valence-corrected chi connectivity index (χ2v) is 9.45. The summed E-state index contributed by atoms with van der Waals surface area (Å²) in [5.41, 5.74) is 0.156. The number of carbonyl (C=O) groups excluding carboxylic acids is 1. The minimum absolute atomic E-state index is 0.0917. The summed E-state index contributed by atoms with van der Waals surface area (Å²) in [7, 11) is 0. The summed E-state index contributed by atoms with van der Waals surface area (Å²) in [5.74, 6) is -2.77. The highest BCUT2D eigenvalue weighted by Gasteiger charge is 2.30. The van der Waals surface area contributed by atoms with E-state index in [-0.39, 0.29) is 28.1 Å². The number of para-hydroxylation sites is 1. The number of aryl methyl sites for hydroxylation is 1. The van der Waals surface area contributed by atoms with Gasteiger partial charge in [0.25, 0.3) is 5.56 Å². The van der Waals surface area contributed by atoms with Crippen LogP contribution in [-0.2, 0) is 17.6 Å². The van der Waals surface area contributed by atoms with Crippen molar-refractivity contribution in [1.29, 1.82) is 0 Å². The predicted octanol–water partition coefficient (Wildman–Crippen LogP) is 5.84. The fourth-order valence-corrected chi connectivity index (χ4v) is 5.92. The van der Waals surface area contributed by atoms with E-state index in [4.69, 9.17) is 4.74 Å². The van der Waals surface area contributed by atoms with E-state index >= 15 is 0 Å². The van der Waals surface area contributed by atoms with Crippen molar-refractivity contribution in [2.45, 2.75) is 32.6 Å². The molecule has 0 unspecified atom stereocenters. The fraction of sp³-hybridized carbons (Fsp3) is 0.222. The van der Waals surface area contributed by atoms with Crippen LogP contribution in [0.25, 0.3) is 15.8 Å². The Morgan fingerprint density at radius 3 is 2.53 bits per heavy atom. The Morgan fingerprint density at radius 1 is 1.11 bits per heavy atom. The number of hydrogen-bond donors (Lipinski definition) is 1. The Morgan fingerprint density at radius 2 is 1.81 bits per heavy atom. The molecule has 0 radical (unpaired) electrons. The summed E-state index contributed by atoms with van der Waals surface area (Å²) in [6, 6.07) is 9.95. The van der Waals surface area contributed by atoms with E-state index in [2.05, 4.69) is 4.99 Å². The summed E-state index contributed by atoms with van der Waals surface area (Å²) >= 11 is 1.27. The van der Waals surface area contributed by atoms with E-state index in [9.17, 15) is 23.5 Å². The van der Waals surface area contributed by atoms with Gasteiger partial charge < -0.3 is 9.84 Å². The van der Waals surface area contributed by atoms with Crippen LogP contribution in [0.1, 0.15) is 46.1 Å². The number of ether oxygens (including phenoxy) is 1. The van der Waals surface area contributed by atoms with Gasteiger partial charge in [0, 0.05) is 21.9 Å². The summed E-state index contributed by atoms with van der Waals surface area (Å²) < 4.78 is 34.8. The van der Waals surface area contributed by atoms with Crippen LogP contribution in [0.5, 0.6) is 5.88 Å². The molecule has 1 aliphatic rings. The van der Waals surface area contributed by atoms with Crippen molar-refractivity contribution in [3.8, 4) is 10.9 Å². The van der Waals surface area contributed by atoms with Crippen molar-refractivity contribution >= 4 is 40.0 Å². The highest BCUT2D eigenvalue weighted by atomic mass is 32.1. The quantitative estimate of drug-likeness (QED) is 0.271. The molecule has 0 aliphatic heterocycles. The van der Waals surface area contributed by atoms with Gasteiger partial charge in [-0.2, -0.15) is 0 Å². The normalized spacial score (nSPS) is 13.3. The van der Waals surface area contributed by atoms with E-state index in [1.54, 1.807) is 31.2 Å². The van der Waals surface area contributed by atoms with Crippen LogP contribution in [0.2, 0.25) is 0 Å². The largest absolute Gasteiger partial charge is 0.494 e. The van der Waals surface area contributed by atoms with Gasteiger partial charge in [0.2, 0.25) is 5.88 Å². The standard InChI is InChI=1S/C27H22F2N2O4S/c1-2-35-27(34)22-17-10-5-6-13-21(17)36-26(22)31-24(32)16-9-4-3-8-15(16)18(25(31)33)14-30-23-19(28)11-7-12-20(23)29/h3-4,7-9,11-12,14,33H,2,5-6,10,13H2,1H3. The number of rotatable bonds is 5. The second-order valence-electron chi connectivity index (χ2n) is 8.36. The Labute approximate surface area is 209 Å². The van der Waals surface area contributed by atoms with Crippen molar-refractivity contribution in [1.82, 2.24) is 4.57 Å². The van der Waals surface area contributed by atoms with Crippen molar-refractivity contribution in [2.75, 3.05) is 6.61 Å². The van der Waals surface area contributed by atoms with Gasteiger partial charge >= 0.3 is 5.97 Å². The number of aromatic nitrogens is 1. The lowest BCUT2D eigenvalue weighted by molar-refractivity contribution is 0.0525. The average Bonchev–Trinajstić information content (AvgIpc) is 3.25. The molecule has 0 amide bonds. The number of fused-ring (bicyclic) bond motifs is 2. The van der Waals surface area contributed by atoms with Gasteiger partial charge in [0.1, 0.15) is 10.7 Å². The highest BCUT2D eigenvalue weighted by Crippen LogP contribution is 2.39. The number of hydrogen-bond acceptors (Lipinski definition) is 6. The number of benzene rings is 2. The van der Waals surface area contributed by atoms with Crippen LogP contribution >= 0.6 is 11.3 Å². The minimum atomic E-state index is -0.862. The minimum Gasteiger partial charge on any atom is -0.494 e. The van der Waals surface area contributed by atoms with E-state index in [0.29, 0.717) is 11.8 Å². The molecule has 1 aliphatic carbocycles. The highest BCUT2D eigenvalue weighted by molar-refractivity contribution is 7.15. The number of thiophene rings is 1. The van der Waals surface area contributed by atoms with Crippen molar-refractivity contribution in [3.05, 3.63) is 86.0 Å². The lowest BCUT2D eigenvalue weighted by atomic mass is 9.95. The lowest BCUT2D eigenvalue weighted by Gasteiger charge is -2.15. The smallest absolute Gasteiger partial charge is 0.341 e. The van der Waals surface area contributed by atoms with E-state index in [1.165, 1.54) is 17.4 Å². The first-order valence-electron chi connectivity index (χ1n) is 11.6. The van der Waals surface area contributed by atoms with Crippen molar-refractivity contribution in [3.63, 3.8) is 0 Å². The Kier molecular flexibility index (Phi) is 6.40. The van der Waals surface area contributed by atoms with E-state index in [0.717, 1.165) is 52.6 Å². The molecule has 9 heteroatoms. The molecule has 2 aromatic heterocycles. The lowest BCUT2D eigenvalue weighted by Crippen LogP contribution is -2.22. The Hall–Kier alpha value is -3.85. The number of esters is 1.